The van der Waals surface area contributed by atoms with E-state index in [1.54, 1.807) is 18.0 Å². The lowest BCUT2D eigenvalue weighted by molar-refractivity contribution is -0.136. The van der Waals surface area contributed by atoms with E-state index in [0.29, 0.717) is 12.6 Å². The van der Waals surface area contributed by atoms with Crippen LogP contribution in [0.4, 0.5) is 0 Å². The van der Waals surface area contributed by atoms with E-state index in [4.69, 9.17) is 4.74 Å². The molecule has 0 spiro atoms. The summed E-state index contributed by atoms with van der Waals surface area (Å²) in [6.45, 7) is 4.00. The summed E-state index contributed by atoms with van der Waals surface area (Å²) >= 11 is 0. The molecule has 0 aromatic carbocycles. The van der Waals surface area contributed by atoms with E-state index in [0.717, 1.165) is 44.4 Å². The highest BCUT2D eigenvalue weighted by molar-refractivity contribution is 5.76. The molecule has 1 fully saturated rings. The van der Waals surface area contributed by atoms with E-state index >= 15 is 0 Å². The first-order valence-corrected chi connectivity index (χ1v) is 7.48. The summed E-state index contributed by atoms with van der Waals surface area (Å²) in [5.74, 6) is 0.190. The van der Waals surface area contributed by atoms with Crippen molar-refractivity contribution in [1.29, 1.82) is 0 Å². The van der Waals surface area contributed by atoms with E-state index in [2.05, 4.69) is 10.00 Å². The van der Waals surface area contributed by atoms with Crippen LogP contribution in [-0.4, -0.2) is 46.9 Å². The van der Waals surface area contributed by atoms with E-state index in [1.807, 2.05) is 13.1 Å². The lowest BCUT2D eigenvalue weighted by Gasteiger charge is -2.36. The molecule has 1 atom stereocenters. The Labute approximate surface area is 120 Å². The number of hydrogen-bond acceptors (Lipinski definition) is 3. The number of ether oxygens (including phenoxy) is 1. The van der Waals surface area contributed by atoms with Crippen LogP contribution in [0, 0.1) is 6.92 Å². The summed E-state index contributed by atoms with van der Waals surface area (Å²) in [5, 5.41) is 4.20. The summed E-state index contributed by atoms with van der Waals surface area (Å²) in [6.07, 6.45) is 9.23. The standard InChI is InChI=1S/C15H25N3O2/c1-13-10-16-17(11-13)12-15(19)18-8-4-3-6-14(18)7-5-9-20-2/h10-11,14H,3-9,12H2,1-2H3/t14-/m1/s1. The van der Waals surface area contributed by atoms with Crippen molar-refractivity contribution < 1.29 is 9.53 Å². The maximum absolute atomic E-state index is 12.5. The first kappa shape index (κ1) is 15.0. The van der Waals surface area contributed by atoms with Crippen LogP contribution < -0.4 is 0 Å². The van der Waals surface area contributed by atoms with Gasteiger partial charge in [-0.2, -0.15) is 5.10 Å². The minimum absolute atomic E-state index is 0.190. The van der Waals surface area contributed by atoms with E-state index < -0.39 is 0 Å². The van der Waals surface area contributed by atoms with Crippen LogP contribution in [0.1, 0.15) is 37.7 Å². The number of carbonyl (C=O) groups excluding carboxylic acids is 1. The lowest BCUT2D eigenvalue weighted by Crippen LogP contribution is -2.45. The molecular weight excluding hydrogens is 254 g/mol. The third kappa shape index (κ3) is 4.07. The van der Waals surface area contributed by atoms with Gasteiger partial charge in [-0.1, -0.05) is 0 Å². The van der Waals surface area contributed by atoms with Gasteiger partial charge in [0.05, 0.1) is 6.20 Å². The van der Waals surface area contributed by atoms with Crippen molar-refractivity contribution in [3.8, 4) is 0 Å². The van der Waals surface area contributed by atoms with Crippen molar-refractivity contribution in [3.63, 3.8) is 0 Å². The van der Waals surface area contributed by atoms with Gasteiger partial charge in [-0.05, 0) is 44.6 Å². The second-order valence-electron chi connectivity index (χ2n) is 5.59. The summed E-state index contributed by atoms with van der Waals surface area (Å²) < 4.78 is 6.84. The highest BCUT2D eigenvalue weighted by Crippen LogP contribution is 2.21. The van der Waals surface area contributed by atoms with Crippen LogP contribution in [0.3, 0.4) is 0 Å². The zero-order valence-corrected chi connectivity index (χ0v) is 12.5. The minimum atomic E-state index is 0.190. The molecular formula is C15H25N3O2. The molecule has 1 aliphatic heterocycles. The Morgan fingerprint density at radius 2 is 2.35 bits per heavy atom. The Kier molecular flexibility index (Phi) is 5.59. The van der Waals surface area contributed by atoms with Gasteiger partial charge in [-0.25, -0.2) is 0 Å². The Morgan fingerprint density at radius 1 is 1.50 bits per heavy atom. The molecule has 1 aromatic heterocycles. The fourth-order valence-corrected chi connectivity index (χ4v) is 2.88. The van der Waals surface area contributed by atoms with E-state index in [1.165, 1.54) is 6.42 Å². The fourth-order valence-electron chi connectivity index (χ4n) is 2.88. The molecule has 0 N–H and O–H groups in total. The van der Waals surface area contributed by atoms with Crippen LogP contribution in [0.25, 0.3) is 0 Å². The van der Waals surface area contributed by atoms with Crippen LogP contribution >= 0.6 is 0 Å². The number of aromatic nitrogens is 2. The van der Waals surface area contributed by atoms with Gasteiger partial charge in [0, 0.05) is 32.5 Å². The first-order chi connectivity index (χ1) is 9.70. The summed E-state index contributed by atoms with van der Waals surface area (Å²) in [5.41, 5.74) is 1.09. The number of nitrogens with zero attached hydrogens (tertiary/aromatic N) is 3. The smallest absolute Gasteiger partial charge is 0.244 e. The van der Waals surface area contributed by atoms with Crippen molar-refractivity contribution in [2.75, 3.05) is 20.3 Å². The van der Waals surface area contributed by atoms with Crippen LogP contribution in [-0.2, 0) is 16.1 Å². The van der Waals surface area contributed by atoms with Gasteiger partial charge < -0.3 is 9.64 Å². The molecule has 0 saturated carbocycles. The Bertz CT molecular complexity index is 431. The second kappa shape index (κ2) is 7.43. The minimum Gasteiger partial charge on any atom is -0.385 e. The topological polar surface area (TPSA) is 47.4 Å². The summed E-state index contributed by atoms with van der Waals surface area (Å²) in [4.78, 5) is 14.5. The SMILES string of the molecule is COCCC[C@H]1CCCCN1C(=O)Cn1cc(C)cn1. The molecule has 2 rings (SSSR count). The van der Waals surface area contributed by atoms with Crippen molar-refractivity contribution in [2.24, 2.45) is 0 Å². The molecule has 0 bridgehead atoms. The quantitative estimate of drug-likeness (QED) is 0.748. The highest BCUT2D eigenvalue weighted by Gasteiger charge is 2.26. The van der Waals surface area contributed by atoms with Gasteiger partial charge in [-0.15, -0.1) is 0 Å². The molecule has 1 saturated heterocycles. The van der Waals surface area contributed by atoms with Crippen molar-refractivity contribution in [1.82, 2.24) is 14.7 Å². The molecule has 5 nitrogen and oxygen atoms in total. The van der Waals surface area contributed by atoms with Gasteiger partial charge in [-0.3, -0.25) is 9.48 Å². The number of hydrogen-bond donors (Lipinski definition) is 0. The monoisotopic (exact) mass is 279 g/mol. The van der Waals surface area contributed by atoms with Gasteiger partial charge in [0.25, 0.3) is 0 Å². The van der Waals surface area contributed by atoms with Crippen LogP contribution in [0.5, 0.6) is 0 Å². The number of rotatable bonds is 6. The Hall–Kier alpha value is -1.36. The van der Waals surface area contributed by atoms with Crippen molar-refractivity contribution in [2.45, 2.75) is 51.6 Å². The molecule has 0 radical (unpaired) electrons. The third-order valence-electron chi connectivity index (χ3n) is 3.89. The normalized spacial score (nSPS) is 19.3. The predicted octanol–water partition coefficient (Wildman–Crippen LogP) is 2.00. The van der Waals surface area contributed by atoms with E-state index in [-0.39, 0.29) is 5.91 Å². The first-order valence-electron chi connectivity index (χ1n) is 7.48. The maximum Gasteiger partial charge on any atom is 0.244 e. The second-order valence-corrected chi connectivity index (χ2v) is 5.59. The Morgan fingerprint density at radius 3 is 3.05 bits per heavy atom. The zero-order valence-electron chi connectivity index (χ0n) is 12.5. The largest absolute Gasteiger partial charge is 0.385 e. The zero-order chi connectivity index (χ0) is 14.4. The molecule has 2 heterocycles. The van der Waals surface area contributed by atoms with Gasteiger partial charge in [0.2, 0.25) is 5.91 Å². The van der Waals surface area contributed by atoms with Gasteiger partial charge in [0.15, 0.2) is 0 Å². The molecule has 1 aliphatic rings. The number of carbonyl (C=O) groups is 1. The molecule has 112 valence electrons. The number of methoxy groups -OCH3 is 1. The summed E-state index contributed by atoms with van der Waals surface area (Å²) in [7, 11) is 1.73. The average Bonchev–Trinajstić information content (AvgIpc) is 2.85. The average molecular weight is 279 g/mol. The van der Waals surface area contributed by atoms with Crippen LogP contribution in [0.2, 0.25) is 0 Å². The number of likely N-dealkylation sites (tertiary alicyclic amines) is 1. The molecule has 20 heavy (non-hydrogen) atoms. The Balaban J connectivity index is 1.90. The number of piperidine rings is 1. The predicted molar refractivity (Wildman–Crippen MR) is 77.4 cm³/mol. The van der Waals surface area contributed by atoms with E-state index in [9.17, 15) is 4.79 Å². The van der Waals surface area contributed by atoms with Crippen molar-refractivity contribution >= 4 is 5.91 Å². The number of aryl methyl sites for hydroxylation is 1. The molecule has 1 aromatic rings. The third-order valence-corrected chi connectivity index (χ3v) is 3.89. The maximum atomic E-state index is 12.5. The van der Waals surface area contributed by atoms with Crippen molar-refractivity contribution in [3.05, 3.63) is 18.0 Å². The summed E-state index contributed by atoms with van der Waals surface area (Å²) in [6, 6.07) is 0.378. The molecule has 0 unspecified atom stereocenters. The molecule has 0 aliphatic carbocycles. The lowest BCUT2D eigenvalue weighted by atomic mass is 9.98. The molecule has 1 amide bonds. The molecule has 5 heteroatoms. The van der Waals surface area contributed by atoms with Gasteiger partial charge in [0.1, 0.15) is 6.54 Å². The highest BCUT2D eigenvalue weighted by atomic mass is 16.5. The van der Waals surface area contributed by atoms with Gasteiger partial charge >= 0.3 is 0 Å². The fraction of sp³-hybridized carbons (Fsp3) is 0.733. The number of amides is 1. The van der Waals surface area contributed by atoms with Crippen LogP contribution in [0.15, 0.2) is 12.4 Å².